The predicted octanol–water partition coefficient (Wildman–Crippen LogP) is 2.72. The first kappa shape index (κ1) is 13.8. The number of nitrogens with zero attached hydrogens (tertiary/aromatic N) is 1. The second kappa shape index (κ2) is 5.13. The summed E-state index contributed by atoms with van der Waals surface area (Å²) in [6, 6.07) is 10.7. The lowest BCUT2D eigenvalue weighted by Crippen LogP contribution is -2.61. The number of piperazine rings is 1. The van der Waals surface area contributed by atoms with E-state index in [1.54, 1.807) is 0 Å². The van der Waals surface area contributed by atoms with Gasteiger partial charge < -0.3 is 14.6 Å². The van der Waals surface area contributed by atoms with Gasteiger partial charge >= 0.3 is 0 Å². The summed E-state index contributed by atoms with van der Waals surface area (Å²) in [4.78, 5) is 14.1. The number of nitrogens with one attached hydrogen (secondary N) is 1. The molecular formula is C18H22N2O2. The second-order valence-electron chi connectivity index (χ2n) is 6.72. The SMILES string of the molecule is CCC(=O)N1CC2CCC(Cc3cc4ccccc4o3)(C1)N2. The van der Waals surface area contributed by atoms with Gasteiger partial charge in [-0.15, -0.1) is 0 Å². The Morgan fingerprint density at radius 3 is 3.14 bits per heavy atom. The first-order chi connectivity index (χ1) is 10.7. The molecular weight excluding hydrogens is 276 g/mol. The Balaban J connectivity index is 1.59. The van der Waals surface area contributed by atoms with Gasteiger partial charge in [-0.25, -0.2) is 0 Å². The van der Waals surface area contributed by atoms with E-state index in [1.165, 1.54) is 0 Å². The molecule has 0 aliphatic carbocycles. The zero-order chi connectivity index (χ0) is 15.2. The van der Waals surface area contributed by atoms with Crippen LogP contribution in [0.1, 0.15) is 31.9 Å². The number of para-hydroxylation sites is 1. The first-order valence-corrected chi connectivity index (χ1v) is 8.20. The van der Waals surface area contributed by atoms with Gasteiger partial charge in [0.1, 0.15) is 11.3 Å². The van der Waals surface area contributed by atoms with E-state index in [0.29, 0.717) is 12.5 Å². The molecule has 1 N–H and O–H groups in total. The Kier molecular flexibility index (Phi) is 3.22. The van der Waals surface area contributed by atoms with Crippen molar-refractivity contribution in [3.8, 4) is 0 Å². The third-order valence-electron chi connectivity index (χ3n) is 5.06. The number of carbonyl (C=O) groups is 1. The molecule has 1 amide bonds. The molecule has 0 saturated carbocycles. The summed E-state index contributed by atoms with van der Waals surface area (Å²) in [5.41, 5.74) is 0.933. The number of hydrogen-bond acceptors (Lipinski definition) is 3. The van der Waals surface area contributed by atoms with Gasteiger partial charge in [-0.3, -0.25) is 4.79 Å². The minimum absolute atomic E-state index is 0.0123. The number of benzene rings is 1. The quantitative estimate of drug-likeness (QED) is 0.947. The fourth-order valence-electron chi connectivity index (χ4n) is 4.05. The van der Waals surface area contributed by atoms with Crippen LogP contribution in [0.5, 0.6) is 0 Å². The fourth-order valence-corrected chi connectivity index (χ4v) is 4.05. The summed E-state index contributed by atoms with van der Waals surface area (Å²) in [6.45, 7) is 3.60. The van der Waals surface area contributed by atoms with E-state index in [1.807, 2.05) is 30.0 Å². The van der Waals surface area contributed by atoms with Gasteiger partial charge in [0, 0.05) is 42.9 Å². The summed E-state index contributed by atoms with van der Waals surface area (Å²) >= 11 is 0. The standard InChI is InChI=1S/C18H22N2O2/c1-2-17(21)20-11-14-7-8-18(12-20,19-14)10-15-9-13-5-3-4-6-16(13)22-15/h3-6,9,14,19H,2,7-8,10-12H2,1H3. The van der Waals surface area contributed by atoms with Crippen LogP contribution in [0.4, 0.5) is 0 Å². The largest absolute Gasteiger partial charge is 0.461 e. The van der Waals surface area contributed by atoms with Crippen molar-refractivity contribution < 1.29 is 9.21 Å². The van der Waals surface area contributed by atoms with Crippen LogP contribution in [0.25, 0.3) is 11.0 Å². The highest BCUT2D eigenvalue weighted by atomic mass is 16.3. The molecule has 22 heavy (non-hydrogen) atoms. The van der Waals surface area contributed by atoms with Crippen LogP contribution in [0.15, 0.2) is 34.7 Å². The molecule has 4 rings (SSSR count). The number of carbonyl (C=O) groups excluding carboxylic acids is 1. The number of fused-ring (bicyclic) bond motifs is 3. The van der Waals surface area contributed by atoms with Gasteiger partial charge in [-0.2, -0.15) is 0 Å². The minimum Gasteiger partial charge on any atom is -0.461 e. The Morgan fingerprint density at radius 1 is 1.45 bits per heavy atom. The highest BCUT2D eigenvalue weighted by Gasteiger charge is 2.45. The number of furan rings is 1. The fraction of sp³-hybridized carbons (Fsp3) is 0.500. The topological polar surface area (TPSA) is 45.5 Å². The molecule has 1 aromatic heterocycles. The monoisotopic (exact) mass is 298 g/mol. The van der Waals surface area contributed by atoms with Crippen LogP contribution in [0.3, 0.4) is 0 Å². The third kappa shape index (κ3) is 2.31. The molecule has 2 fully saturated rings. The van der Waals surface area contributed by atoms with E-state index in [-0.39, 0.29) is 11.4 Å². The van der Waals surface area contributed by atoms with E-state index >= 15 is 0 Å². The Morgan fingerprint density at radius 2 is 2.32 bits per heavy atom. The van der Waals surface area contributed by atoms with Gasteiger partial charge in [-0.05, 0) is 25.0 Å². The summed E-state index contributed by atoms with van der Waals surface area (Å²) in [7, 11) is 0. The van der Waals surface area contributed by atoms with Crippen molar-refractivity contribution in [2.24, 2.45) is 0 Å². The maximum Gasteiger partial charge on any atom is 0.222 e. The average molecular weight is 298 g/mol. The van der Waals surface area contributed by atoms with Gasteiger partial charge in [0.05, 0.1) is 0 Å². The summed E-state index contributed by atoms with van der Waals surface area (Å²) in [5, 5.41) is 4.91. The zero-order valence-corrected chi connectivity index (χ0v) is 13.0. The molecule has 0 radical (unpaired) electrons. The highest BCUT2D eigenvalue weighted by Crippen LogP contribution is 2.34. The lowest BCUT2D eigenvalue weighted by molar-refractivity contribution is -0.133. The normalized spacial score (nSPS) is 27.5. The summed E-state index contributed by atoms with van der Waals surface area (Å²) in [6.07, 6.45) is 3.70. The Hall–Kier alpha value is -1.81. The lowest BCUT2D eigenvalue weighted by Gasteiger charge is -2.41. The Labute approximate surface area is 130 Å². The Bertz CT molecular complexity index is 675. The van der Waals surface area contributed by atoms with E-state index in [4.69, 9.17) is 4.42 Å². The summed E-state index contributed by atoms with van der Waals surface area (Å²) in [5.74, 6) is 1.28. The summed E-state index contributed by atoms with van der Waals surface area (Å²) < 4.78 is 5.99. The molecule has 2 saturated heterocycles. The molecule has 4 nitrogen and oxygen atoms in total. The van der Waals surface area contributed by atoms with E-state index in [0.717, 1.165) is 49.1 Å². The number of amides is 1. The van der Waals surface area contributed by atoms with Gasteiger partial charge in [-0.1, -0.05) is 25.1 Å². The van der Waals surface area contributed by atoms with Crippen LogP contribution in [0, 0.1) is 0 Å². The van der Waals surface area contributed by atoms with Crippen LogP contribution >= 0.6 is 0 Å². The van der Waals surface area contributed by atoms with Crippen molar-refractivity contribution in [1.29, 1.82) is 0 Å². The highest BCUT2D eigenvalue weighted by molar-refractivity contribution is 5.78. The molecule has 3 heterocycles. The molecule has 2 unspecified atom stereocenters. The van der Waals surface area contributed by atoms with Crippen molar-refractivity contribution in [2.45, 2.75) is 44.2 Å². The van der Waals surface area contributed by atoms with E-state index < -0.39 is 0 Å². The third-order valence-corrected chi connectivity index (χ3v) is 5.06. The van der Waals surface area contributed by atoms with E-state index in [9.17, 15) is 4.79 Å². The minimum atomic E-state index is -0.0123. The molecule has 0 spiro atoms. The van der Waals surface area contributed by atoms with Gasteiger partial charge in [0.25, 0.3) is 0 Å². The maximum absolute atomic E-state index is 12.1. The smallest absolute Gasteiger partial charge is 0.222 e. The number of hydrogen-bond donors (Lipinski definition) is 1. The van der Waals surface area contributed by atoms with Gasteiger partial charge in [0.15, 0.2) is 0 Å². The zero-order valence-electron chi connectivity index (χ0n) is 13.0. The average Bonchev–Trinajstić information content (AvgIpc) is 3.06. The van der Waals surface area contributed by atoms with Crippen LogP contribution in [-0.4, -0.2) is 35.5 Å². The molecule has 4 heteroatoms. The van der Waals surface area contributed by atoms with Gasteiger partial charge in [0.2, 0.25) is 5.91 Å². The number of rotatable bonds is 3. The molecule has 2 aliphatic rings. The molecule has 2 aromatic rings. The molecule has 2 bridgehead atoms. The molecule has 2 aliphatic heterocycles. The van der Waals surface area contributed by atoms with Crippen LogP contribution < -0.4 is 5.32 Å². The number of likely N-dealkylation sites (tertiary alicyclic amines) is 1. The molecule has 116 valence electrons. The first-order valence-electron chi connectivity index (χ1n) is 8.20. The van der Waals surface area contributed by atoms with Crippen molar-refractivity contribution in [3.05, 3.63) is 36.1 Å². The molecule has 1 aromatic carbocycles. The van der Waals surface area contributed by atoms with Crippen molar-refractivity contribution in [3.63, 3.8) is 0 Å². The molecule has 2 atom stereocenters. The van der Waals surface area contributed by atoms with Crippen molar-refractivity contribution >= 4 is 16.9 Å². The lowest BCUT2D eigenvalue weighted by atomic mass is 9.91. The van der Waals surface area contributed by atoms with Crippen LogP contribution in [0.2, 0.25) is 0 Å². The van der Waals surface area contributed by atoms with E-state index in [2.05, 4.69) is 17.4 Å². The predicted molar refractivity (Wildman–Crippen MR) is 85.7 cm³/mol. The van der Waals surface area contributed by atoms with Crippen LogP contribution in [-0.2, 0) is 11.2 Å². The maximum atomic E-state index is 12.1. The van der Waals surface area contributed by atoms with Crippen molar-refractivity contribution in [2.75, 3.05) is 13.1 Å². The van der Waals surface area contributed by atoms with Crippen molar-refractivity contribution in [1.82, 2.24) is 10.2 Å². The second-order valence-corrected chi connectivity index (χ2v) is 6.72.